The molecule has 0 aliphatic heterocycles. The highest BCUT2D eigenvalue weighted by Crippen LogP contribution is 2.32. The third kappa shape index (κ3) is 2.42. The second kappa shape index (κ2) is 5.43. The minimum Gasteiger partial charge on any atom is -0.506 e. The lowest BCUT2D eigenvalue weighted by Crippen LogP contribution is -1.90. The summed E-state index contributed by atoms with van der Waals surface area (Å²) in [6.45, 7) is 0. The van der Waals surface area contributed by atoms with E-state index >= 15 is 0 Å². The van der Waals surface area contributed by atoms with Gasteiger partial charge in [-0.05, 0) is 29.8 Å². The molecule has 0 bridgehead atoms. The predicted octanol–water partition coefficient (Wildman–Crippen LogP) is 3.81. The summed E-state index contributed by atoms with van der Waals surface area (Å²) in [7, 11) is 0. The molecular formula is C16H14N2OS. The van der Waals surface area contributed by atoms with Gasteiger partial charge in [0.25, 0.3) is 0 Å². The van der Waals surface area contributed by atoms with Gasteiger partial charge in [-0.3, -0.25) is 4.98 Å². The number of anilines is 1. The second-order valence-corrected chi connectivity index (χ2v) is 5.49. The summed E-state index contributed by atoms with van der Waals surface area (Å²) in [5.41, 5.74) is 8.52. The molecule has 0 radical (unpaired) electrons. The van der Waals surface area contributed by atoms with Crippen LogP contribution in [0.3, 0.4) is 0 Å². The van der Waals surface area contributed by atoms with Gasteiger partial charge in [0.2, 0.25) is 0 Å². The number of nitrogens with two attached hydrogens (primary N) is 1. The molecule has 3 aromatic rings. The van der Waals surface area contributed by atoms with Crippen LogP contribution in [0, 0.1) is 0 Å². The van der Waals surface area contributed by atoms with Crippen molar-refractivity contribution in [3.8, 4) is 5.75 Å². The minimum absolute atomic E-state index is 0.216. The number of thioether (sulfide) groups is 1. The number of hydrogen-bond acceptors (Lipinski definition) is 4. The number of nitrogens with zero attached hydrogens (tertiary/aromatic N) is 1. The van der Waals surface area contributed by atoms with Crippen LogP contribution < -0.4 is 5.73 Å². The standard InChI is InChI=1S/C16H14N2OS/c17-13-5-1-2-6-15(13)20-10-11-7-8-14(19)16-12(11)4-3-9-18-16/h1-9,19H,10,17H2. The van der Waals surface area contributed by atoms with Crippen LogP contribution in [0.5, 0.6) is 5.75 Å². The largest absolute Gasteiger partial charge is 0.506 e. The van der Waals surface area contributed by atoms with Gasteiger partial charge in [-0.25, -0.2) is 0 Å². The number of fused-ring (bicyclic) bond motifs is 1. The van der Waals surface area contributed by atoms with Crippen LogP contribution in [0.2, 0.25) is 0 Å². The number of aromatic hydroxyl groups is 1. The molecule has 0 saturated carbocycles. The van der Waals surface area contributed by atoms with Crippen molar-refractivity contribution >= 4 is 28.4 Å². The lowest BCUT2D eigenvalue weighted by molar-refractivity contribution is 0.480. The Hall–Kier alpha value is -2.20. The summed E-state index contributed by atoms with van der Waals surface area (Å²) in [5.74, 6) is 1.00. The van der Waals surface area contributed by atoms with E-state index in [1.807, 2.05) is 42.5 Å². The van der Waals surface area contributed by atoms with Gasteiger partial charge in [0.15, 0.2) is 0 Å². The van der Waals surface area contributed by atoms with E-state index in [2.05, 4.69) is 4.98 Å². The number of pyridine rings is 1. The van der Waals surface area contributed by atoms with Gasteiger partial charge < -0.3 is 10.8 Å². The Morgan fingerprint density at radius 3 is 2.75 bits per heavy atom. The van der Waals surface area contributed by atoms with Crippen molar-refractivity contribution in [3.63, 3.8) is 0 Å². The molecule has 2 aromatic carbocycles. The molecule has 0 saturated heterocycles. The third-order valence-corrected chi connectivity index (χ3v) is 4.28. The first-order valence-corrected chi connectivity index (χ1v) is 7.27. The zero-order valence-corrected chi connectivity index (χ0v) is 11.6. The van der Waals surface area contributed by atoms with Crippen LogP contribution in [-0.2, 0) is 5.75 Å². The Labute approximate surface area is 121 Å². The Balaban J connectivity index is 1.92. The first-order chi connectivity index (χ1) is 9.75. The fourth-order valence-electron chi connectivity index (χ4n) is 2.11. The number of hydrogen-bond donors (Lipinski definition) is 2. The molecule has 0 unspecified atom stereocenters. The molecular weight excluding hydrogens is 268 g/mol. The van der Waals surface area contributed by atoms with Crippen molar-refractivity contribution in [2.24, 2.45) is 0 Å². The molecule has 3 rings (SSSR count). The maximum atomic E-state index is 9.84. The van der Waals surface area contributed by atoms with Gasteiger partial charge in [-0.15, -0.1) is 11.8 Å². The molecule has 0 fully saturated rings. The highest BCUT2D eigenvalue weighted by molar-refractivity contribution is 7.98. The number of nitrogen functional groups attached to an aromatic ring is 1. The van der Waals surface area contributed by atoms with Crippen LogP contribution in [0.25, 0.3) is 10.9 Å². The number of phenols is 1. The Morgan fingerprint density at radius 2 is 1.90 bits per heavy atom. The summed E-state index contributed by atoms with van der Waals surface area (Å²) in [4.78, 5) is 5.30. The Kier molecular flexibility index (Phi) is 3.48. The van der Waals surface area contributed by atoms with Gasteiger partial charge >= 0.3 is 0 Å². The zero-order valence-electron chi connectivity index (χ0n) is 10.8. The predicted molar refractivity (Wildman–Crippen MR) is 83.8 cm³/mol. The fraction of sp³-hybridized carbons (Fsp3) is 0.0625. The molecule has 0 aliphatic rings. The Morgan fingerprint density at radius 1 is 1.05 bits per heavy atom. The minimum atomic E-state index is 0.216. The van der Waals surface area contributed by atoms with Gasteiger partial charge in [-0.1, -0.05) is 24.3 Å². The summed E-state index contributed by atoms with van der Waals surface area (Å²) >= 11 is 1.69. The molecule has 3 N–H and O–H groups in total. The van der Waals surface area contributed by atoms with E-state index in [1.165, 1.54) is 0 Å². The number of aromatic nitrogens is 1. The molecule has 100 valence electrons. The van der Waals surface area contributed by atoms with E-state index in [0.717, 1.165) is 27.3 Å². The Bertz CT molecular complexity index is 758. The average molecular weight is 282 g/mol. The molecule has 20 heavy (non-hydrogen) atoms. The number of benzene rings is 2. The quantitative estimate of drug-likeness (QED) is 0.566. The van der Waals surface area contributed by atoms with Crippen molar-refractivity contribution in [1.82, 2.24) is 4.98 Å². The van der Waals surface area contributed by atoms with Gasteiger partial charge in [0.1, 0.15) is 11.3 Å². The van der Waals surface area contributed by atoms with Crippen LogP contribution in [-0.4, -0.2) is 10.1 Å². The maximum absolute atomic E-state index is 9.84. The highest BCUT2D eigenvalue weighted by atomic mass is 32.2. The van der Waals surface area contributed by atoms with E-state index in [9.17, 15) is 5.11 Å². The molecule has 0 spiro atoms. The van der Waals surface area contributed by atoms with Gasteiger partial charge in [0, 0.05) is 27.9 Å². The van der Waals surface area contributed by atoms with Crippen molar-refractivity contribution < 1.29 is 5.11 Å². The first kappa shape index (κ1) is 12.8. The first-order valence-electron chi connectivity index (χ1n) is 6.28. The monoisotopic (exact) mass is 282 g/mol. The summed E-state index contributed by atoms with van der Waals surface area (Å²) in [5, 5.41) is 10.8. The normalized spacial score (nSPS) is 10.8. The molecule has 4 heteroatoms. The SMILES string of the molecule is Nc1ccccc1SCc1ccc(O)c2ncccc12. The summed E-state index contributed by atoms with van der Waals surface area (Å²) in [6.07, 6.45) is 1.69. The number of rotatable bonds is 3. The van der Waals surface area contributed by atoms with Crippen LogP contribution >= 0.6 is 11.8 Å². The summed E-state index contributed by atoms with van der Waals surface area (Å²) < 4.78 is 0. The van der Waals surface area contributed by atoms with Crippen molar-refractivity contribution in [3.05, 3.63) is 60.3 Å². The molecule has 0 atom stereocenters. The van der Waals surface area contributed by atoms with Crippen molar-refractivity contribution in [2.75, 3.05) is 5.73 Å². The van der Waals surface area contributed by atoms with Crippen molar-refractivity contribution in [2.45, 2.75) is 10.6 Å². The highest BCUT2D eigenvalue weighted by Gasteiger charge is 2.07. The molecule has 1 heterocycles. The van der Waals surface area contributed by atoms with E-state index < -0.39 is 0 Å². The molecule has 3 nitrogen and oxygen atoms in total. The van der Waals surface area contributed by atoms with E-state index in [4.69, 9.17) is 5.73 Å². The van der Waals surface area contributed by atoms with E-state index in [1.54, 1.807) is 24.0 Å². The molecule has 0 aliphatic carbocycles. The van der Waals surface area contributed by atoms with Crippen LogP contribution in [0.1, 0.15) is 5.56 Å². The van der Waals surface area contributed by atoms with E-state index in [-0.39, 0.29) is 5.75 Å². The second-order valence-electron chi connectivity index (χ2n) is 4.47. The third-order valence-electron chi connectivity index (χ3n) is 3.14. The lowest BCUT2D eigenvalue weighted by Gasteiger charge is -2.08. The topological polar surface area (TPSA) is 59.1 Å². The lowest BCUT2D eigenvalue weighted by atomic mass is 10.1. The van der Waals surface area contributed by atoms with Gasteiger partial charge in [0.05, 0.1) is 0 Å². The van der Waals surface area contributed by atoms with E-state index in [0.29, 0.717) is 5.52 Å². The van der Waals surface area contributed by atoms with Crippen LogP contribution in [0.4, 0.5) is 5.69 Å². The number of phenolic OH excluding ortho intramolecular Hbond substituents is 1. The fourth-order valence-corrected chi connectivity index (χ4v) is 3.08. The molecule has 0 amide bonds. The average Bonchev–Trinajstić information content (AvgIpc) is 2.48. The maximum Gasteiger partial charge on any atom is 0.141 e. The van der Waals surface area contributed by atoms with Crippen LogP contribution in [0.15, 0.2) is 59.6 Å². The molecule has 1 aromatic heterocycles. The van der Waals surface area contributed by atoms with Gasteiger partial charge in [-0.2, -0.15) is 0 Å². The van der Waals surface area contributed by atoms with Crippen molar-refractivity contribution in [1.29, 1.82) is 0 Å². The zero-order chi connectivity index (χ0) is 13.9. The summed E-state index contributed by atoms with van der Waals surface area (Å²) in [6, 6.07) is 15.3. The smallest absolute Gasteiger partial charge is 0.141 e. The number of para-hydroxylation sites is 1.